The number of amides is 1. The van der Waals surface area contributed by atoms with Gasteiger partial charge in [-0.3, -0.25) is 4.79 Å². The molecule has 0 aliphatic heterocycles. The number of hydrogen-bond donors (Lipinski definition) is 1. The van der Waals surface area contributed by atoms with Gasteiger partial charge in [-0.2, -0.15) is 0 Å². The maximum atomic E-state index is 13.5. The number of nitrogens with zero attached hydrogens (tertiary/aromatic N) is 2. The van der Waals surface area contributed by atoms with Gasteiger partial charge in [0.05, 0.1) is 0 Å². The van der Waals surface area contributed by atoms with Crippen molar-refractivity contribution in [1.82, 2.24) is 15.5 Å². The molecular formula is C17H13F2N3O2. The normalized spacial score (nSPS) is 10.6. The van der Waals surface area contributed by atoms with E-state index in [-0.39, 0.29) is 24.1 Å². The van der Waals surface area contributed by atoms with E-state index in [9.17, 15) is 13.6 Å². The fourth-order valence-corrected chi connectivity index (χ4v) is 2.14. The van der Waals surface area contributed by atoms with E-state index in [0.29, 0.717) is 17.5 Å². The van der Waals surface area contributed by atoms with Gasteiger partial charge in [0.2, 0.25) is 5.89 Å². The Morgan fingerprint density at radius 1 is 1.08 bits per heavy atom. The van der Waals surface area contributed by atoms with Gasteiger partial charge in [-0.05, 0) is 36.2 Å². The molecule has 2 aromatic carbocycles. The van der Waals surface area contributed by atoms with Crippen molar-refractivity contribution in [3.05, 3.63) is 71.6 Å². The first-order valence-electron chi connectivity index (χ1n) is 7.24. The summed E-state index contributed by atoms with van der Waals surface area (Å²) in [6.45, 7) is 0.220. The van der Waals surface area contributed by atoms with Gasteiger partial charge in [0.15, 0.2) is 0 Å². The molecule has 7 heteroatoms. The Balaban J connectivity index is 1.61. The number of carbonyl (C=O) groups is 1. The maximum Gasteiger partial charge on any atom is 0.308 e. The van der Waals surface area contributed by atoms with Crippen molar-refractivity contribution in [2.75, 3.05) is 6.54 Å². The molecule has 0 fully saturated rings. The van der Waals surface area contributed by atoms with Crippen molar-refractivity contribution >= 4 is 5.91 Å². The highest BCUT2D eigenvalue weighted by molar-refractivity contribution is 5.89. The predicted molar refractivity (Wildman–Crippen MR) is 82.1 cm³/mol. The second-order valence-electron chi connectivity index (χ2n) is 5.02. The minimum absolute atomic E-state index is 0.0498. The van der Waals surface area contributed by atoms with Crippen LogP contribution >= 0.6 is 0 Å². The average molecular weight is 329 g/mol. The Morgan fingerprint density at radius 3 is 2.71 bits per heavy atom. The van der Waals surface area contributed by atoms with Crippen LogP contribution in [0.4, 0.5) is 8.78 Å². The Morgan fingerprint density at radius 2 is 1.92 bits per heavy atom. The van der Waals surface area contributed by atoms with E-state index in [1.54, 1.807) is 24.3 Å². The molecule has 0 aliphatic rings. The largest absolute Gasteiger partial charge is 0.412 e. The summed E-state index contributed by atoms with van der Waals surface area (Å²) >= 11 is 0. The summed E-state index contributed by atoms with van der Waals surface area (Å²) in [5.41, 5.74) is 0.886. The minimum Gasteiger partial charge on any atom is -0.412 e. The number of benzene rings is 2. The monoisotopic (exact) mass is 329 g/mol. The fourth-order valence-electron chi connectivity index (χ4n) is 2.14. The summed E-state index contributed by atoms with van der Waals surface area (Å²) in [5.74, 6) is -1.52. The molecule has 1 heterocycles. The van der Waals surface area contributed by atoms with Crippen LogP contribution in [0.25, 0.3) is 11.5 Å². The van der Waals surface area contributed by atoms with Crippen molar-refractivity contribution in [1.29, 1.82) is 0 Å². The summed E-state index contributed by atoms with van der Waals surface area (Å²) in [5, 5.41) is 9.94. The van der Waals surface area contributed by atoms with Crippen molar-refractivity contribution in [3.63, 3.8) is 0 Å². The topological polar surface area (TPSA) is 68.0 Å². The van der Waals surface area contributed by atoms with Gasteiger partial charge >= 0.3 is 11.8 Å². The molecule has 1 N–H and O–H groups in total. The fraction of sp³-hybridized carbons (Fsp3) is 0.118. The van der Waals surface area contributed by atoms with Gasteiger partial charge in [0.1, 0.15) is 11.6 Å². The SMILES string of the molecule is O=C(NCCc1ccccc1F)c1nnc(-c2cccc(F)c2)o1. The summed E-state index contributed by atoms with van der Waals surface area (Å²) in [6, 6.07) is 12.0. The third kappa shape index (κ3) is 3.62. The van der Waals surface area contributed by atoms with Crippen LogP contribution in [-0.4, -0.2) is 22.6 Å². The zero-order chi connectivity index (χ0) is 16.9. The lowest BCUT2D eigenvalue weighted by Gasteiger charge is -2.03. The van der Waals surface area contributed by atoms with Crippen LogP contribution in [0.3, 0.4) is 0 Å². The summed E-state index contributed by atoms with van der Waals surface area (Å²) < 4.78 is 31.9. The van der Waals surface area contributed by atoms with E-state index >= 15 is 0 Å². The molecule has 0 saturated heterocycles. The van der Waals surface area contributed by atoms with E-state index in [1.807, 2.05) is 0 Å². The van der Waals surface area contributed by atoms with E-state index < -0.39 is 11.7 Å². The van der Waals surface area contributed by atoms with Crippen molar-refractivity contribution in [3.8, 4) is 11.5 Å². The number of carbonyl (C=O) groups excluding carboxylic acids is 1. The molecule has 0 atom stereocenters. The standard InChI is InChI=1S/C17H13F2N3O2/c18-13-6-3-5-12(10-13)16-21-22-17(24-16)15(23)20-9-8-11-4-1-2-7-14(11)19/h1-7,10H,8-9H2,(H,20,23). The maximum absolute atomic E-state index is 13.5. The summed E-state index contributed by atoms with van der Waals surface area (Å²) in [7, 11) is 0. The van der Waals surface area contributed by atoms with E-state index in [4.69, 9.17) is 4.42 Å². The second kappa shape index (κ2) is 6.99. The van der Waals surface area contributed by atoms with Crippen LogP contribution in [0, 0.1) is 11.6 Å². The molecule has 0 aliphatic carbocycles. The Bertz CT molecular complexity index is 864. The highest BCUT2D eigenvalue weighted by Crippen LogP contribution is 2.18. The van der Waals surface area contributed by atoms with E-state index in [1.165, 1.54) is 24.3 Å². The molecule has 0 unspecified atom stereocenters. The second-order valence-corrected chi connectivity index (χ2v) is 5.02. The van der Waals surface area contributed by atoms with Gasteiger partial charge in [0.25, 0.3) is 0 Å². The van der Waals surface area contributed by atoms with Crippen LogP contribution in [0.2, 0.25) is 0 Å². The third-order valence-corrected chi connectivity index (χ3v) is 3.33. The lowest BCUT2D eigenvalue weighted by atomic mass is 10.1. The molecular weight excluding hydrogens is 316 g/mol. The highest BCUT2D eigenvalue weighted by atomic mass is 19.1. The lowest BCUT2D eigenvalue weighted by Crippen LogP contribution is -2.26. The number of hydrogen-bond acceptors (Lipinski definition) is 4. The molecule has 0 spiro atoms. The van der Waals surface area contributed by atoms with E-state index in [0.717, 1.165) is 0 Å². The average Bonchev–Trinajstić information content (AvgIpc) is 3.07. The first kappa shape index (κ1) is 15.8. The van der Waals surface area contributed by atoms with Gasteiger partial charge in [-0.25, -0.2) is 8.78 Å². The first-order valence-corrected chi connectivity index (χ1v) is 7.24. The quantitative estimate of drug-likeness (QED) is 0.781. The zero-order valence-corrected chi connectivity index (χ0v) is 12.5. The summed E-state index contributed by atoms with van der Waals surface area (Å²) in [4.78, 5) is 12.0. The Kier molecular flexibility index (Phi) is 4.60. The number of nitrogens with one attached hydrogen (secondary N) is 1. The van der Waals surface area contributed by atoms with Gasteiger partial charge < -0.3 is 9.73 Å². The molecule has 1 aromatic heterocycles. The van der Waals surface area contributed by atoms with Crippen molar-refractivity contribution in [2.45, 2.75) is 6.42 Å². The molecule has 1 amide bonds. The lowest BCUT2D eigenvalue weighted by molar-refractivity contribution is 0.0920. The smallest absolute Gasteiger partial charge is 0.308 e. The molecule has 3 aromatic rings. The summed E-state index contributed by atoms with van der Waals surface area (Å²) in [6.07, 6.45) is 0.337. The van der Waals surface area contributed by atoms with Gasteiger partial charge in [-0.15, -0.1) is 10.2 Å². The zero-order valence-electron chi connectivity index (χ0n) is 12.5. The van der Waals surface area contributed by atoms with E-state index in [2.05, 4.69) is 15.5 Å². The van der Waals surface area contributed by atoms with Crippen LogP contribution in [0.5, 0.6) is 0 Å². The molecule has 0 saturated carbocycles. The predicted octanol–water partition coefficient (Wildman–Crippen LogP) is 2.99. The number of aromatic nitrogens is 2. The first-order chi connectivity index (χ1) is 11.6. The van der Waals surface area contributed by atoms with Gasteiger partial charge in [0, 0.05) is 12.1 Å². The molecule has 122 valence electrons. The minimum atomic E-state index is -0.568. The molecule has 0 bridgehead atoms. The molecule has 3 rings (SSSR count). The van der Waals surface area contributed by atoms with Crippen LogP contribution in [0.1, 0.15) is 16.2 Å². The van der Waals surface area contributed by atoms with Crippen LogP contribution in [-0.2, 0) is 6.42 Å². The number of halogens is 2. The molecule has 0 radical (unpaired) electrons. The van der Waals surface area contributed by atoms with Crippen LogP contribution in [0.15, 0.2) is 52.9 Å². The molecule has 5 nitrogen and oxygen atoms in total. The Hall–Kier alpha value is -3.09. The van der Waals surface area contributed by atoms with Crippen molar-refractivity contribution in [2.24, 2.45) is 0 Å². The third-order valence-electron chi connectivity index (χ3n) is 3.33. The Labute approximate surface area is 136 Å². The van der Waals surface area contributed by atoms with Crippen LogP contribution < -0.4 is 5.32 Å². The highest BCUT2D eigenvalue weighted by Gasteiger charge is 2.16. The van der Waals surface area contributed by atoms with Gasteiger partial charge in [-0.1, -0.05) is 24.3 Å². The molecule has 24 heavy (non-hydrogen) atoms. The van der Waals surface area contributed by atoms with Crippen molar-refractivity contribution < 1.29 is 18.0 Å². The number of rotatable bonds is 5.